The summed E-state index contributed by atoms with van der Waals surface area (Å²) in [4.78, 5) is 0. The molecular weight excluding hydrogens is 236 g/mol. The lowest BCUT2D eigenvalue weighted by Gasteiger charge is -2.10. The number of aryl methyl sites for hydroxylation is 2. The van der Waals surface area contributed by atoms with Gasteiger partial charge in [-0.1, -0.05) is 48.5 Å². The summed E-state index contributed by atoms with van der Waals surface area (Å²) in [6, 6.07) is 18.8. The predicted molar refractivity (Wildman–Crippen MR) is 75.5 cm³/mol. The Hall–Kier alpha value is -1.80. The zero-order chi connectivity index (χ0) is 12.9. The second-order valence-electron chi connectivity index (χ2n) is 4.86. The molecule has 2 heteroatoms. The average Bonchev–Trinajstić information content (AvgIpc) is 3.29. The van der Waals surface area contributed by atoms with Crippen LogP contribution in [0.4, 0.5) is 0 Å². The van der Waals surface area contributed by atoms with E-state index >= 15 is 0 Å². The summed E-state index contributed by atoms with van der Waals surface area (Å²) in [6.45, 7) is 1.51. The van der Waals surface area contributed by atoms with Crippen LogP contribution in [0.3, 0.4) is 0 Å². The first-order valence-electron chi connectivity index (χ1n) is 6.78. The van der Waals surface area contributed by atoms with E-state index in [4.69, 9.17) is 9.47 Å². The summed E-state index contributed by atoms with van der Waals surface area (Å²) >= 11 is 0. The van der Waals surface area contributed by atoms with Crippen LogP contribution in [-0.2, 0) is 17.6 Å². The lowest BCUT2D eigenvalue weighted by molar-refractivity contribution is 0.261. The van der Waals surface area contributed by atoms with Crippen molar-refractivity contribution in [2.45, 2.75) is 18.9 Å². The monoisotopic (exact) mass is 254 g/mol. The number of rotatable bonds is 6. The maximum Gasteiger partial charge on any atom is 0.122 e. The molecular formula is C17H18O2. The maximum atomic E-state index is 5.82. The first kappa shape index (κ1) is 12.2. The van der Waals surface area contributed by atoms with E-state index in [0.29, 0.717) is 12.7 Å². The van der Waals surface area contributed by atoms with Gasteiger partial charge in [-0.3, -0.25) is 0 Å². The summed E-state index contributed by atoms with van der Waals surface area (Å²) in [7, 11) is 0. The molecule has 19 heavy (non-hydrogen) atoms. The Labute approximate surface area is 114 Å². The standard InChI is InChI=1S/C17H18O2/c1-2-6-14(7-3-1)10-11-15-8-4-5-9-17(15)19-13-16-12-18-16/h1-9,16H,10-13H2. The molecule has 0 saturated carbocycles. The van der Waals surface area contributed by atoms with Gasteiger partial charge >= 0.3 is 0 Å². The van der Waals surface area contributed by atoms with Gasteiger partial charge in [0.25, 0.3) is 0 Å². The third kappa shape index (κ3) is 3.58. The number of para-hydroxylation sites is 1. The molecule has 1 saturated heterocycles. The molecule has 2 aromatic carbocycles. The summed E-state index contributed by atoms with van der Waals surface area (Å²) < 4.78 is 11.0. The van der Waals surface area contributed by atoms with Crippen molar-refractivity contribution in [3.63, 3.8) is 0 Å². The molecule has 1 heterocycles. The fourth-order valence-corrected chi connectivity index (χ4v) is 2.12. The van der Waals surface area contributed by atoms with Gasteiger partial charge in [-0.05, 0) is 30.0 Å². The molecule has 2 nitrogen and oxygen atoms in total. The molecule has 0 spiro atoms. The van der Waals surface area contributed by atoms with Crippen LogP contribution in [0.2, 0.25) is 0 Å². The van der Waals surface area contributed by atoms with Crippen LogP contribution in [0.5, 0.6) is 5.75 Å². The average molecular weight is 254 g/mol. The van der Waals surface area contributed by atoms with E-state index in [9.17, 15) is 0 Å². The molecule has 0 N–H and O–H groups in total. The molecule has 2 aromatic rings. The summed E-state index contributed by atoms with van der Waals surface area (Å²) in [5.41, 5.74) is 2.63. The van der Waals surface area contributed by atoms with Crippen molar-refractivity contribution in [3.05, 3.63) is 65.7 Å². The van der Waals surface area contributed by atoms with Crippen molar-refractivity contribution in [2.75, 3.05) is 13.2 Å². The van der Waals surface area contributed by atoms with Gasteiger partial charge < -0.3 is 9.47 Å². The normalized spacial score (nSPS) is 17.2. The number of hydrogen-bond acceptors (Lipinski definition) is 2. The minimum atomic E-state index is 0.308. The van der Waals surface area contributed by atoms with E-state index in [1.807, 2.05) is 12.1 Å². The number of benzene rings is 2. The zero-order valence-electron chi connectivity index (χ0n) is 10.9. The Morgan fingerprint density at radius 3 is 2.47 bits per heavy atom. The Morgan fingerprint density at radius 1 is 0.947 bits per heavy atom. The van der Waals surface area contributed by atoms with Gasteiger partial charge in [0.15, 0.2) is 0 Å². The molecule has 0 aromatic heterocycles. The van der Waals surface area contributed by atoms with Crippen molar-refractivity contribution in [1.82, 2.24) is 0 Å². The highest BCUT2D eigenvalue weighted by atomic mass is 16.6. The minimum absolute atomic E-state index is 0.308. The molecule has 0 aliphatic carbocycles. The van der Waals surface area contributed by atoms with Crippen molar-refractivity contribution in [3.8, 4) is 5.75 Å². The van der Waals surface area contributed by atoms with Gasteiger partial charge in [-0.15, -0.1) is 0 Å². The lowest BCUT2D eigenvalue weighted by Crippen LogP contribution is -2.06. The molecule has 1 atom stereocenters. The van der Waals surface area contributed by atoms with E-state index in [-0.39, 0.29) is 0 Å². The first-order chi connectivity index (χ1) is 9.42. The van der Waals surface area contributed by atoms with Gasteiger partial charge in [0.2, 0.25) is 0 Å². The van der Waals surface area contributed by atoms with Gasteiger partial charge in [-0.2, -0.15) is 0 Å². The highest BCUT2D eigenvalue weighted by Gasteiger charge is 2.23. The van der Waals surface area contributed by atoms with Crippen LogP contribution in [0, 0.1) is 0 Å². The number of hydrogen-bond donors (Lipinski definition) is 0. The molecule has 0 bridgehead atoms. The number of ether oxygens (including phenoxy) is 2. The van der Waals surface area contributed by atoms with Crippen LogP contribution in [0.25, 0.3) is 0 Å². The first-order valence-corrected chi connectivity index (χ1v) is 6.78. The molecule has 0 amide bonds. The fraction of sp³-hybridized carbons (Fsp3) is 0.294. The fourth-order valence-electron chi connectivity index (χ4n) is 2.12. The highest BCUT2D eigenvalue weighted by Crippen LogP contribution is 2.21. The second-order valence-corrected chi connectivity index (χ2v) is 4.86. The van der Waals surface area contributed by atoms with Crippen molar-refractivity contribution in [1.29, 1.82) is 0 Å². The van der Waals surface area contributed by atoms with Gasteiger partial charge in [0.05, 0.1) is 6.61 Å². The molecule has 0 radical (unpaired) electrons. The predicted octanol–water partition coefficient (Wildman–Crippen LogP) is 3.25. The second kappa shape index (κ2) is 5.89. The van der Waals surface area contributed by atoms with E-state index < -0.39 is 0 Å². The Morgan fingerprint density at radius 2 is 1.68 bits per heavy atom. The molecule has 1 unspecified atom stereocenters. The largest absolute Gasteiger partial charge is 0.491 e. The quantitative estimate of drug-likeness (QED) is 0.738. The van der Waals surface area contributed by atoms with Crippen LogP contribution < -0.4 is 4.74 Å². The summed E-state index contributed by atoms with van der Waals surface area (Å²) in [5.74, 6) is 0.994. The lowest BCUT2D eigenvalue weighted by atomic mass is 10.0. The van der Waals surface area contributed by atoms with Crippen LogP contribution >= 0.6 is 0 Å². The SMILES string of the molecule is c1ccc(CCc2ccccc2OCC2CO2)cc1. The third-order valence-corrected chi connectivity index (χ3v) is 3.33. The molecule has 3 rings (SSSR count). The van der Waals surface area contributed by atoms with Gasteiger partial charge in [-0.25, -0.2) is 0 Å². The van der Waals surface area contributed by atoms with Crippen LogP contribution in [0.1, 0.15) is 11.1 Å². The molecule has 1 aliphatic heterocycles. The Bertz CT molecular complexity index is 518. The maximum absolute atomic E-state index is 5.82. The number of epoxide rings is 1. The van der Waals surface area contributed by atoms with Crippen LogP contribution in [0.15, 0.2) is 54.6 Å². The van der Waals surface area contributed by atoms with Crippen molar-refractivity contribution in [2.24, 2.45) is 0 Å². The van der Waals surface area contributed by atoms with Crippen LogP contribution in [-0.4, -0.2) is 19.3 Å². The van der Waals surface area contributed by atoms with E-state index in [0.717, 1.165) is 25.2 Å². The minimum Gasteiger partial charge on any atom is -0.491 e. The molecule has 98 valence electrons. The smallest absolute Gasteiger partial charge is 0.122 e. The molecule has 1 fully saturated rings. The zero-order valence-corrected chi connectivity index (χ0v) is 10.9. The third-order valence-electron chi connectivity index (χ3n) is 3.33. The van der Waals surface area contributed by atoms with Crippen molar-refractivity contribution >= 4 is 0 Å². The summed E-state index contributed by atoms with van der Waals surface area (Å²) in [6.07, 6.45) is 2.36. The van der Waals surface area contributed by atoms with Gasteiger partial charge in [0.1, 0.15) is 18.5 Å². The van der Waals surface area contributed by atoms with Gasteiger partial charge in [0, 0.05) is 0 Å². The van der Waals surface area contributed by atoms with Crippen molar-refractivity contribution < 1.29 is 9.47 Å². The van der Waals surface area contributed by atoms with E-state index in [2.05, 4.69) is 42.5 Å². The topological polar surface area (TPSA) is 21.8 Å². The Kier molecular flexibility index (Phi) is 3.80. The molecule has 1 aliphatic rings. The Balaban J connectivity index is 1.62. The van der Waals surface area contributed by atoms with E-state index in [1.54, 1.807) is 0 Å². The summed E-state index contributed by atoms with van der Waals surface area (Å²) in [5, 5.41) is 0. The van der Waals surface area contributed by atoms with E-state index in [1.165, 1.54) is 11.1 Å². The highest BCUT2D eigenvalue weighted by molar-refractivity contribution is 5.34.